The van der Waals surface area contributed by atoms with Gasteiger partial charge in [-0.25, -0.2) is 4.79 Å². The highest BCUT2D eigenvalue weighted by molar-refractivity contribution is 5.89. The molecule has 1 aromatic carbocycles. The van der Waals surface area contributed by atoms with Crippen LogP contribution in [0.25, 0.3) is 0 Å². The number of ether oxygens (including phenoxy) is 2. The molecule has 2 rings (SSSR count). The number of aromatic nitrogens is 2. The van der Waals surface area contributed by atoms with Gasteiger partial charge >= 0.3 is 12.1 Å². The quantitative estimate of drug-likeness (QED) is 0.815. The third-order valence-corrected chi connectivity index (χ3v) is 2.43. The van der Waals surface area contributed by atoms with Gasteiger partial charge in [-0.2, -0.15) is 13.2 Å². The van der Waals surface area contributed by atoms with Crippen molar-refractivity contribution in [1.82, 2.24) is 10.2 Å². The standard InChI is InChI=1S/C13H9F3N2O3/c1-20-12(19)8-2-4-9(5-3-8)21-11-7-6-10(17-18-11)13(14,15)16/h2-7H,1H3. The fraction of sp³-hybridized carbons (Fsp3) is 0.154. The first-order valence-electron chi connectivity index (χ1n) is 5.67. The van der Waals surface area contributed by atoms with Crippen LogP contribution >= 0.6 is 0 Å². The molecule has 0 unspecified atom stereocenters. The van der Waals surface area contributed by atoms with Crippen LogP contribution in [0.1, 0.15) is 16.1 Å². The van der Waals surface area contributed by atoms with Crippen LogP contribution in [0.5, 0.6) is 11.6 Å². The van der Waals surface area contributed by atoms with Gasteiger partial charge in [0.25, 0.3) is 0 Å². The molecule has 0 amide bonds. The van der Waals surface area contributed by atoms with Crippen molar-refractivity contribution in [1.29, 1.82) is 0 Å². The first kappa shape index (κ1) is 14.8. The van der Waals surface area contributed by atoms with Gasteiger partial charge < -0.3 is 9.47 Å². The van der Waals surface area contributed by atoms with Crippen molar-refractivity contribution >= 4 is 5.97 Å². The van der Waals surface area contributed by atoms with E-state index in [1.165, 1.54) is 31.4 Å². The average Bonchev–Trinajstić information content (AvgIpc) is 2.47. The van der Waals surface area contributed by atoms with Gasteiger partial charge in [0.15, 0.2) is 5.69 Å². The first-order valence-corrected chi connectivity index (χ1v) is 5.67. The Balaban J connectivity index is 2.10. The molecule has 0 aliphatic rings. The number of alkyl halides is 3. The molecule has 5 nitrogen and oxygen atoms in total. The summed E-state index contributed by atoms with van der Waals surface area (Å²) in [7, 11) is 1.25. The number of rotatable bonds is 3. The Morgan fingerprint density at radius 3 is 2.19 bits per heavy atom. The zero-order chi connectivity index (χ0) is 15.5. The van der Waals surface area contributed by atoms with Crippen LogP contribution in [0.4, 0.5) is 13.2 Å². The molecule has 0 fully saturated rings. The molecule has 1 aromatic heterocycles. The van der Waals surface area contributed by atoms with Gasteiger partial charge in [-0.15, -0.1) is 10.2 Å². The number of hydrogen-bond donors (Lipinski definition) is 0. The summed E-state index contributed by atoms with van der Waals surface area (Å²) in [6.45, 7) is 0. The fourth-order valence-electron chi connectivity index (χ4n) is 1.42. The molecule has 0 atom stereocenters. The summed E-state index contributed by atoms with van der Waals surface area (Å²) < 4.78 is 46.7. The van der Waals surface area contributed by atoms with Gasteiger partial charge in [-0.05, 0) is 30.3 Å². The molecule has 0 N–H and O–H groups in total. The van der Waals surface area contributed by atoms with Crippen molar-refractivity contribution in [3.8, 4) is 11.6 Å². The van der Waals surface area contributed by atoms with Gasteiger partial charge in [0, 0.05) is 6.07 Å². The predicted molar refractivity (Wildman–Crippen MR) is 64.9 cm³/mol. The third-order valence-electron chi connectivity index (χ3n) is 2.43. The van der Waals surface area contributed by atoms with Gasteiger partial charge in [0.1, 0.15) is 5.75 Å². The second-order valence-electron chi connectivity index (χ2n) is 3.87. The van der Waals surface area contributed by atoms with E-state index in [9.17, 15) is 18.0 Å². The Morgan fingerprint density at radius 1 is 1.05 bits per heavy atom. The van der Waals surface area contributed by atoms with Crippen molar-refractivity contribution in [2.45, 2.75) is 6.18 Å². The highest BCUT2D eigenvalue weighted by Crippen LogP contribution is 2.28. The number of hydrogen-bond acceptors (Lipinski definition) is 5. The molecule has 0 aliphatic heterocycles. The van der Waals surface area contributed by atoms with Crippen molar-refractivity contribution in [3.63, 3.8) is 0 Å². The number of methoxy groups -OCH3 is 1. The lowest BCUT2D eigenvalue weighted by Gasteiger charge is -2.07. The molecular formula is C13H9F3N2O3. The third kappa shape index (κ3) is 3.68. The van der Waals surface area contributed by atoms with E-state index in [0.717, 1.165) is 12.1 Å². The lowest BCUT2D eigenvalue weighted by atomic mass is 10.2. The highest BCUT2D eigenvalue weighted by Gasteiger charge is 2.32. The molecule has 110 valence electrons. The summed E-state index contributed by atoms with van der Waals surface area (Å²) in [5, 5.41) is 6.36. The second-order valence-corrected chi connectivity index (χ2v) is 3.87. The minimum Gasteiger partial charge on any atom is -0.465 e. The maximum Gasteiger partial charge on any atom is 0.435 e. The van der Waals surface area contributed by atoms with E-state index in [0.29, 0.717) is 11.3 Å². The lowest BCUT2D eigenvalue weighted by molar-refractivity contribution is -0.141. The topological polar surface area (TPSA) is 61.3 Å². The molecular weight excluding hydrogens is 289 g/mol. The van der Waals surface area contributed by atoms with Crippen LogP contribution in [0.3, 0.4) is 0 Å². The van der Waals surface area contributed by atoms with Crippen molar-refractivity contribution in [2.24, 2.45) is 0 Å². The molecule has 0 saturated carbocycles. The zero-order valence-electron chi connectivity index (χ0n) is 10.7. The van der Waals surface area contributed by atoms with Crippen LogP contribution in [0.15, 0.2) is 36.4 Å². The largest absolute Gasteiger partial charge is 0.465 e. The SMILES string of the molecule is COC(=O)c1ccc(Oc2ccc(C(F)(F)F)nn2)cc1. The van der Waals surface area contributed by atoms with Gasteiger partial charge in [0.05, 0.1) is 12.7 Å². The fourth-order valence-corrected chi connectivity index (χ4v) is 1.42. The molecule has 0 saturated heterocycles. The summed E-state index contributed by atoms with van der Waals surface area (Å²) in [6.07, 6.45) is -4.55. The number of benzene rings is 1. The normalized spacial score (nSPS) is 11.0. The average molecular weight is 298 g/mol. The maximum atomic E-state index is 12.3. The van der Waals surface area contributed by atoms with E-state index in [1.807, 2.05) is 0 Å². The minimum absolute atomic E-state index is 0.0891. The Labute approximate surface area is 117 Å². The van der Waals surface area contributed by atoms with Crippen LogP contribution < -0.4 is 4.74 Å². The van der Waals surface area contributed by atoms with Gasteiger partial charge in [-0.3, -0.25) is 0 Å². The Hall–Kier alpha value is -2.64. The lowest BCUT2D eigenvalue weighted by Crippen LogP contribution is -2.08. The van der Waals surface area contributed by atoms with Gasteiger partial charge in [0.2, 0.25) is 5.88 Å². The molecule has 2 aromatic rings. The Kier molecular flexibility index (Phi) is 4.06. The maximum absolute atomic E-state index is 12.3. The van der Waals surface area contributed by atoms with E-state index < -0.39 is 17.8 Å². The Morgan fingerprint density at radius 2 is 1.71 bits per heavy atom. The summed E-state index contributed by atoms with van der Waals surface area (Å²) in [5.74, 6) is -0.290. The smallest absolute Gasteiger partial charge is 0.435 e. The van der Waals surface area contributed by atoms with Crippen molar-refractivity contribution < 1.29 is 27.4 Å². The van der Waals surface area contributed by atoms with Crippen molar-refractivity contribution in [3.05, 3.63) is 47.7 Å². The summed E-state index contributed by atoms with van der Waals surface area (Å²) in [5.41, 5.74) is -0.778. The molecule has 8 heteroatoms. The van der Waals surface area contributed by atoms with Crippen molar-refractivity contribution in [2.75, 3.05) is 7.11 Å². The van der Waals surface area contributed by atoms with E-state index in [1.54, 1.807) is 0 Å². The molecule has 0 spiro atoms. The van der Waals surface area contributed by atoms with E-state index in [-0.39, 0.29) is 5.88 Å². The summed E-state index contributed by atoms with van der Waals surface area (Å²) in [4.78, 5) is 11.2. The molecule has 1 heterocycles. The summed E-state index contributed by atoms with van der Waals surface area (Å²) >= 11 is 0. The minimum atomic E-state index is -4.55. The molecule has 21 heavy (non-hydrogen) atoms. The number of carbonyl (C=O) groups is 1. The van der Waals surface area contributed by atoms with E-state index in [4.69, 9.17) is 4.74 Å². The molecule has 0 bridgehead atoms. The number of esters is 1. The first-order chi connectivity index (χ1) is 9.90. The molecule has 0 radical (unpaired) electrons. The number of nitrogens with zero attached hydrogens (tertiary/aromatic N) is 2. The van der Waals surface area contributed by atoms with Crippen LogP contribution in [-0.2, 0) is 10.9 Å². The van der Waals surface area contributed by atoms with Gasteiger partial charge in [-0.1, -0.05) is 0 Å². The second kappa shape index (κ2) is 5.78. The van der Waals surface area contributed by atoms with E-state index in [2.05, 4.69) is 14.9 Å². The monoisotopic (exact) mass is 298 g/mol. The molecule has 0 aliphatic carbocycles. The van der Waals surface area contributed by atoms with Crippen LogP contribution in [0, 0.1) is 0 Å². The number of halogens is 3. The highest BCUT2D eigenvalue weighted by atomic mass is 19.4. The summed E-state index contributed by atoms with van der Waals surface area (Å²) in [6, 6.07) is 7.67. The Bertz CT molecular complexity index is 625. The zero-order valence-corrected chi connectivity index (χ0v) is 10.7. The van der Waals surface area contributed by atoms with Crippen LogP contribution in [0.2, 0.25) is 0 Å². The predicted octanol–water partition coefficient (Wildman–Crippen LogP) is 3.07. The van der Waals surface area contributed by atoms with E-state index >= 15 is 0 Å². The van der Waals surface area contributed by atoms with Crippen LogP contribution in [-0.4, -0.2) is 23.3 Å². The number of carbonyl (C=O) groups excluding carboxylic acids is 1.